The third kappa shape index (κ3) is 4.79. The van der Waals surface area contributed by atoms with E-state index in [2.05, 4.69) is 25.6 Å². The lowest BCUT2D eigenvalue weighted by atomic mass is 9.73. The molecule has 1 amide bonds. The van der Waals surface area contributed by atoms with Crippen molar-refractivity contribution in [3.63, 3.8) is 0 Å². The predicted molar refractivity (Wildman–Crippen MR) is 111 cm³/mol. The van der Waals surface area contributed by atoms with E-state index in [1.165, 1.54) is 4.70 Å². The smallest absolute Gasteiger partial charge is 0.407 e. The monoisotopic (exact) mass is 420 g/mol. The molecule has 9 heteroatoms. The van der Waals surface area contributed by atoms with Crippen LogP contribution in [0.15, 0.2) is 17.8 Å². The topological polar surface area (TPSA) is 85.8 Å². The highest BCUT2D eigenvalue weighted by atomic mass is 32.1. The Bertz CT molecular complexity index is 812. The van der Waals surface area contributed by atoms with Crippen molar-refractivity contribution in [2.24, 2.45) is 5.41 Å². The molecule has 2 fully saturated rings. The first-order chi connectivity index (χ1) is 14.2. The number of piperidine rings is 1. The maximum absolute atomic E-state index is 11.6. The summed E-state index contributed by atoms with van der Waals surface area (Å²) in [5.41, 5.74) is 1.27. The van der Waals surface area contributed by atoms with Crippen LogP contribution >= 0.6 is 11.3 Å². The van der Waals surface area contributed by atoms with Crippen LogP contribution in [0.1, 0.15) is 25.7 Å². The summed E-state index contributed by atoms with van der Waals surface area (Å²) in [6, 6.07) is 2.05. The minimum absolute atomic E-state index is 0.0567. The van der Waals surface area contributed by atoms with E-state index in [1.807, 2.05) is 6.07 Å². The van der Waals surface area contributed by atoms with Crippen LogP contribution < -0.4 is 10.2 Å². The summed E-state index contributed by atoms with van der Waals surface area (Å²) in [5.74, 6) is 1.06. The average Bonchev–Trinajstić information content (AvgIpc) is 3.23. The zero-order chi connectivity index (χ0) is 20.1. The average molecular weight is 421 g/mol. The van der Waals surface area contributed by atoms with Crippen molar-refractivity contribution in [2.45, 2.75) is 31.8 Å². The molecule has 1 atom stereocenters. The second-order valence-corrected chi connectivity index (χ2v) is 8.72. The van der Waals surface area contributed by atoms with Gasteiger partial charge in [0.2, 0.25) is 0 Å². The SMILES string of the molecule is COCCOC(=O)NCC1CCC2(CCN(c3ncnc4ccsc34)CC2)CO1. The fraction of sp³-hybridized carbons (Fsp3) is 0.650. The number of amides is 1. The van der Waals surface area contributed by atoms with Gasteiger partial charge in [-0.1, -0.05) is 0 Å². The second kappa shape index (κ2) is 9.23. The highest BCUT2D eigenvalue weighted by Crippen LogP contribution is 2.42. The molecule has 4 heterocycles. The molecule has 8 nitrogen and oxygen atoms in total. The van der Waals surface area contributed by atoms with Gasteiger partial charge < -0.3 is 24.4 Å². The van der Waals surface area contributed by atoms with Crippen molar-refractivity contribution in [3.05, 3.63) is 17.8 Å². The molecule has 0 radical (unpaired) electrons. The van der Waals surface area contributed by atoms with Crippen molar-refractivity contribution in [3.8, 4) is 0 Å². The van der Waals surface area contributed by atoms with Gasteiger partial charge in [-0.3, -0.25) is 0 Å². The summed E-state index contributed by atoms with van der Waals surface area (Å²) in [6.07, 6.45) is 5.60. The Morgan fingerprint density at radius 2 is 2.21 bits per heavy atom. The molecule has 2 aliphatic rings. The number of nitrogens with one attached hydrogen (secondary N) is 1. The predicted octanol–water partition coefficient (Wildman–Crippen LogP) is 2.83. The van der Waals surface area contributed by atoms with Gasteiger partial charge in [-0.05, 0) is 42.5 Å². The Labute approximate surface area is 174 Å². The van der Waals surface area contributed by atoms with E-state index >= 15 is 0 Å². The van der Waals surface area contributed by atoms with Crippen LogP contribution in [-0.2, 0) is 14.2 Å². The number of fused-ring (bicyclic) bond motifs is 1. The maximum Gasteiger partial charge on any atom is 0.407 e. The van der Waals surface area contributed by atoms with Crippen LogP contribution in [-0.4, -0.2) is 68.7 Å². The fourth-order valence-electron chi connectivity index (χ4n) is 4.13. The molecule has 0 bridgehead atoms. The zero-order valence-corrected chi connectivity index (χ0v) is 17.6. The Morgan fingerprint density at radius 3 is 2.97 bits per heavy atom. The number of hydrogen-bond acceptors (Lipinski definition) is 8. The maximum atomic E-state index is 11.6. The zero-order valence-electron chi connectivity index (χ0n) is 16.8. The number of carbonyl (C=O) groups is 1. The third-order valence-electron chi connectivity index (χ3n) is 5.96. The standard InChI is InChI=1S/C20H28N4O4S/c1-26-9-10-27-19(25)21-12-15-2-4-20(13-28-15)5-7-24(8-6-20)18-17-16(3-11-29-17)22-14-23-18/h3,11,14-15H,2,4-10,12-13H2,1H3,(H,21,25). The number of hydrogen-bond donors (Lipinski definition) is 1. The first kappa shape index (κ1) is 20.3. The van der Waals surface area contributed by atoms with Crippen LogP contribution in [0.4, 0.5) is 10.6 Å². The van der Waals surface area contributed by atoms with Gasteiger partial charge in [0.1, 0.15) is 18.8 Å². The Hall–Kier alpha value is -1.97. The molecule has 1 unspecified atom stereocenters. The van der Waals surface area contributed by atoms with E-state index < -0.39 is 6.09 Å². The Kier molecular flexibility index (Phi) is 6.46. The number of methoxy groups -OCH3 is 1. The van der Waals surface area contributed by atoms with Gasteiger partial charge in [0.05, 0.1) is 29.5 Å². The molecule has 2 aliphatic heterocycles. The molecule has 2 saturated heterocycles. The lowest BCUT2D eigenvalue weighted by Gasteiger charge is -2.46. The van der Waals surface area contributed by atoms with E-state index in [0.29, 0.717) is 13.2 Å². The highest BCUT2D eigenvalue weighted by molar-refractivity contribution is 7.17. The van der Waals surface area contributed by atoms with Gasteiger partial charge >= 0.3 is 6.09 Å². The van der Waals surface area contributed by atoms with E-state index in [-0.39, 0.29) is 18.1 Å². The van der Waals surface area contributed by atoms with Gasteiger partial charge in [0, 0.05) is 26.7 Å². The summed E-state index contributed by atoms with van der Waals surface area (Å²) >= 11 is 1.71. The van der Waals surface area contributed by atoms with Crippen molar-refractivity contribution in [1.29, 1.82) is 0 Å². The van der Waals surface area contributed by atoms with E-state index in [0.717, 1.165) is 56.7 Å². The molecule has 2 aromatic heterocycles. The number of ether oxygens (including phenoxy) is 3. The molecule has 158 valence electrons. The number of carbonyl (C=O) groups excluding carboxylic acids is 1. The lowest BCUT2D eigenvalue weighted by Crippen LogP contribution is -2.47. The lowest BCUT2D eigenvalue weighted by molar-refractivity contribution is -0.0704. The minimum atomic E-state index is -0.413. The van der Waals surface area contributed by atoms with Gasteiger partial charge in [-0.25, -0.2) is 14.8 Å². The van der Waals surface area contributed by atoms with Crippen molar-refractivity contribution < 1.29 is 19.0 Å². The number of thiophene rings is 1. The Morgan fingerprint density at radius 1 is 1.34 bits per heavy atom. The van der Waals surface area contributed by atoms with Crippen LogP contribution in [0.25, 0.3) is 10.2 Å². The second-order valence-electron chi connectivity index (χ2n) is 7.80. The Balaban J connectivity index is 1.23. The van der Waals surface area contributed by atoms with E-state index in [4.69, 9.17) is 14.2 Å². The molecule has 0 aromatic carbocycles. The summed E-state index contributed by atoms with van der Waals surface area (Å²) < 4.78 is 17.2. The van der Waals surface area contributed by atoms with Crippen LogP contribution in [0.2, 0.25) is 0 Å². The summed E-state index contributed by atoms with van der Waals surface area (Å²) in [4.78, 5) is 22.9. The molecule has 0 saturated carbocycles. The molecule has 1 N–H and O–H groups in total. The minimum Gasteiger partial charge on any atom is -0.447 e. The molecule has 2 aromatic rings. The van der Waals surface area contributed by atoms with Crippen molar-refractivity contribution >= 4 is 33.5 Å². The summed E-state index contributed by atoms with van der Waals surface area (Å²) in [7, 11) is 1.58. The molecule has 1 spiro atoms. The van der Waals surface area contributed by atoms with E-state index in [9.17, 15) is 4.79 Å². The van der Waals surface area contributed by atoms with Crippen LogP contribution in [0.5, 0.6) is 0 Å². The number of aromatic nitrogens is 2. The molecular formula is C20H28N4O4S. The fourth-order valence-corrected chi connectivity index (χ4v) is 4.99. The van der Waals surface area contributed by atoms with Gasteiger partial charge in [0.25, 0.3) is 0 Å². The van der Waals surface area contributed by atoms with Crippen molar-refractivity contribution in [1.82, 2.24) is 15.3 Å². The van der Waals surface area contributed by atoms with Gasteiger partial charge in [-0.2, -0.15) is 0 Å². The molecule has 0 aliphatic carbocycles. The third-order valence-corrected chi connectivity index (χ3v) is 6.86. The van der Waals surface area contributed by atoms with Gasteiger partial charge in [0.15, 0.2) is 0 Å². The normalized spacial score (nSPS) is 21.4. The number of anilines is 1. The van der Waals surface area contributed by atoms with Gasteiger partial charge in [-0.15, -0.1) is 11.3 Å². The van der Waals surface area contributed by atoms with Crippen molar-refractivity contribution in [2.75, 3.05) is 51.5 Å². The first-order valence-electron chi connectivity index (χ1n) is 10.1. The number of alkyl carbamates (subject to hydrolysis) is 1. The highest BCUT2D eigenvalue weighted by Gasteiger charge is 2.39. The summed E-state index contributed by atoms with van der Waals surface area (Å²) in [6.45, 7) is 3.89. The quantitative estimate of drug-likeness (QED) is 0.719. The largest absolute Gasteiger partial charge is 0.447 e. The number of nitrogens with zero attached hydrogens (tertiary/aromatic N) is 3. The first-order valence-corrected chi connectivity index (χ1v) is 11.0. The molecule has 4 rings (SSSR count). The number of rotatable bonds is 6. The molecule has 29 heavy (non-hydrogen) atoms. The van der Waals surface area contributed by atoms with Crippen LogP contribution in [0, 0.1) is 5.41 Å². The van der Waals surface area contributed by atoms with Crippen LogP contribution in [0.3, 0.4) is 0 Å². The molecular weight excluding hydrogens is 392 g/mol. The summed E-state index contributed by atoms with van der Waals surface area (Å²) in [5, 5.41) is 4.86. The van der Waals surface area contributed by atoms with E-state index in [1.54, 1.807) is 24.8 Å².